The molecule has 2 heteroatoms. The van der Waals surface area contributed by atoms with Crippen LogP contribution in [0, 0.1) is 13.8 Å². The fourth-order valence-corrected chi connectivity index (χ4v) is 1.96. The third-order valence-corrected chi connectivity index (χ3v) is 2.65. The minimum atomic E-state index is 0.342. The Morgan fingerprint density at radius 3 is 2.62 bits per heavy atom. The maximum atomic E-state index is 5.59. The SMILES string of the molecule is C=C(C)CC(NCCC)c1cc(C)oc1C. The Kier molecular flexibility index (Phi) is 4.81. The summed E-state index contributed by atoms with van der Waals surface area (Å²) in [6, 6.07) is 2.47. The van der Waals surface area contributed by atoms with Crippen LogP contribution in [0.2, 0.25) is 0 Å². The van der Waals surface area contributed by atoms with Crippen molar-refractivity contribution in [1.29, 1.82) is 0 Å². The molecule has 1 aromatic heterocycles. The highest BCUT2D eigenvalue weighted by Crippen LogP contribution is 2.26. The summed E-state index contributed by atoms with van der Waals surface area (Å²) in [5.74, 6) is 2.00. The Bertz CT molecular complexity index is 352. The molecule has 1 atom stereocenters. The van der Waals surface area contributed by atoms with E-state index in [-0.39, 0.29) is 0 Å². The average molecular weight is 221 g/mol. The molecule has 1 heterocycles. The molecule has 0 spiro atoms. The lowest BCUT2D eigenvalue weighted by molar-refractivity contribution is 0.480. The molecule has 2 nitrogen and oxygen atoms in total. The van der Waals surface area contributed by atoms with Crippen molar-refractivity contribution in [3.8, 4) is 0 Å². The van der Waals surface area contributed by atoms with Crippen LogP contribution in [0.15, 0.2) is 22.6 Å². The van der Waals surface area contributed by atoms with Crippen LogP contribution in [0.3, 0.4) is 0 Å². The number of hydrogen-bond donors (Lipinski definition) is 1. The van der Waals surface area contributed by atoms with E-state index >= 15 is 0 Å². The lowest BCUT2D eigenvalue weighted by atomic mass is 10.0. The predicted octanol–water partition coefficient (Wildman–Crippen LogP) is 3.90. The van der Waals surface area contributed by atoms with E-state index < -0.39 is 0 Å². The van der Waals surface area contributed by atoms with Crippen LogP contribution in [0.4, 0.5) is 0 Å². The van der Waals surface area contributed by atoms with E-state index in [1.54, 1.807) is 0 Å². The van der Waals surface area contributed by atoms with Crippen LogP contribution < -0.4 is 5.32 Å². The molecule has 0 aliphatic rings. The second-order valence-electron chi connectivity index (χ2n) is 4.54. The van der Waals surface area contributed by atoms with Crippen LogP contribution in [0.1, 0.15) is 49.8 Å². The lowest BCUT2D eigenvalue weighted by Gasteiger charge is -2.18. The Balaban J connectivity index is 2.82. The molecule has 0 bridgehead atoms. The molecule has 1 rings (SSSR count). The van der Waals surface area contributed by atoms with Crippen molar-refractivity contribution < 1.29 is 4.42 Å². The van der Waals surface area contributed by atoms with E-state index in [1.807, 2.05) is 13.8 Å². The summed E-state index contributed by atoms with van der Waals surface area (Å²) in [7, 11) is 0. The van der Waals surface area contributed by atoms with Gasteiger partial charge in [0.25, 0.3) is 0 Å². The maximum absolute atomic E-state index is 5.59. The van der Waals surface area contributed by atoms with E-state index in [0.29, 0.717) is 6.04 Å². The molecule has 0 aliphatic carbocycles. The molecule has 16 heavy (non-hydrogen) atoms. The van der Waals surface area contributed by atoms with E-state index in [4.69, 9.17) is 4.42 Å². The van der Waals surface area contributed by atoms with Crippen molar-refractivity contribution >= 4 is 0 Å². The van der Waals surface area contributed by atoms with Gasteiger partial charge in [0.1, 0.15) is 11.5 Å². The van der Waals surface area contributed by atoms with Gasteiger partial charge in [-0.25, -0.2) is 0 Å². The smallest absolute Gasteiger partial charge is 0.105 e. The number of aryl methyl sites for hydroxylation is 2. The molecule has 0 radical (unpaired) electrons. The molecule has 0 aliphatic heterocycles. The topological polar surface area (TPSA) is 25.2 Å². The molecule has 0 aromatic carbocycles. The van der Waals surface area contributed by atoms with Gasteiger partial charge in [-0.2, -0.15) is 0 Å². The van der Waals surface area contributed by atoms with E-state index in [2.05, 4.69) is 31.8 Å². The lowest BCUT2D eigenvalue weighted by Crippen LogP contribution is -2.22. The summed E-state index contributed by atoms with van der Waals surface area (Å²) in [5, 5.41) is 3.55. The molecule has 0 fully saturated rings. The van der Waals surface area contributed by atoms with Crippen LogP contribution in [-0.2, 0) is 0 Å². The van der Waals surface area contributed by atoms with Gasteiger partial charge in [-0.3, -0.25) is 0 Å². The molecule has 0 saturated carbocycles. The fraction of sp³-hybridized carbons (Fsp3) is 0.571. The zero-order valence-electron chi connectivity index (χ0n) is 10.9. The van der Waals surface area contributed by atoms with Crippen LogP contribution >= 0.6 is 0 Å². The van der Waals surface area contributed by atoms with Gasteiger partial charge in [0.2, 0.25) is 0 Å². The van der Waals surface area contributed by atoms with Crippen molar-refractivity contribution in [3.05, 3.63) is 35.3 Å². The second kappa shape index (κ2) is 5.90. The monoisotopic (exact) mass is 221 g/mol. The standard InChI is InChI=1S/C14H23NO/c1-6-7-15-14(8-10(2)3)13-9-11(4)16-12(13)5/h9,14-15H,2,6-8H2,1,3-5H3. The molecule has 1 N–H and O–H groups in total. The van der Waals surface area contributed by atoms with Gasteiger partial charge < -0.3 is 9.73 Å². The van der Waals surface area contributed by atoms with Gasteiger partial charge in [-0.15, -0.1) is 6.58 Å². The van der Waals surface area contributed by atoms with Gasteiger partial charge in [0.05, 0.1) is 0 Å². The van der Waals surface area contributed by atoms with Gasteiger partial charge in [-0.05, 0) is 46.2 Å². The highest BCUT2D eigenvalue weighted by atomic mass is 16.3. The molecule has 90 valence electrons. The van der Waals surface area contributed by atoms with Crippen LogP contribution in [0.25, 0.3) is 0 Å². The van der Waals surface area contributed by atoms with Gasteiger partial charge in [0, 0.05) is 11.6 Å². The summed E-state index contributed by atoms with van der Waals surface area (Å²) < 4.78 is 5.59. The van der Waals surface area contributed by atoms with Crippen molar-refractivity contribution in [2.24, 2.45) is 0 Å². The number of rotatable bonds is 6. The summed E-state index contributed by atoms with van der Waals surface area (Å²) in [4.78, 5) is 0. The van der Waals surface area contributed by atoms with Crippen molar-refractivity contribution in [3.63, 3.8) is 0 Å². The second-order valence-corrected chi connectivity index (χ2v) is 4.54. The number of furan rings is 1. The van der Waals surface area contributed by atoms with E-state index in [9.17, 15) is 0 Å². The quantitative estimate of drug-likeness (QED) is 0.737. The Labute approximate surface area is 98.7 Å². The predicted molar refractivity (Wildman–Crippen MR) is 68.6 cm³/mol. The third kappa shape index (κ3) is 3.53. The molecule has 0 amide bonds. The number of hydrogen-bond acceptors (Lipinski definition) is 2. The minimum absolute atomic E-state index is 0.342. The Hall–Kier alpha value is -1.02. The van der Waals surface area contributed by atoms with Gasteiger partial charge >= 0.3 is 0 Å². The zero-order valence-corrected chi connectivity index (χ0v) is 10.9. The Morgan fingerprint density at radius 2 is 2.19 bits per heavy atom. The highest BCUT2D eigenvalue weighted by molar-refractivity contribution is 5.25. The first-order valence-electron chi connectivity index (χ1n) is 5.99. The fourth-order valence-electron chi connectivity index (χ4n) is 1.96. The average Bonchev–Trinajstić information content (AvgIpc) is 2.52. The molecule has 1 aromatic rings. The normalized spacial score (nSPS) is 12.8. The van der Waals surface area contributed by atoms with Crippen molar-refractivity contribution in [2.75, 3.05) is 6.54 Å². The minimum Gasteiger partial charge on any atom is -0.466 e. The van der Waals surface area contributed by atoms with Crippen molar-refractivity contribution in [1.82, 2.24) is 5.32 Å². The number of nitrogens with one attached hydrogen (secondary N) is 1. The zero-order chi connectivity index (χ0) is 12.1. The first-order chi connectivity index (χ1) is 7.54. The van der Waals surface area contributed by atoms with E-state index in [1.165, 1.54) is 11.1 Å². The molecule has 1 unspecified atom stereocenters. The summed E-state index contributed by atoms with van der Waals surface area (Å²) in [5.41, 5.74) is 2.47. The third-order valence-electron chi connectivity index (χ3n) is 2.65. The highest BCUT2D eigenvalue weighted by Gasteiger charge is 2.16. The van der Waals surface area contributed by atoms with E-state index in [0.717, 1.165) is 30.9 Å². The molecule has 0 saturated heterocycles. The summed E-state index contributed by atoms with van der Waals surface area (Å²) in [6.07, 6.45) is 2.11. The Morgan fingerprint density at radius 1 is 1.50 bits per heavy atom. The molecular weight excluding hydrogens is 198 g/mol. The van der Waals surface area contributed by atoms with Crippen molar-refractivity contribution in [2.45, 2.75) is 46.6 Å². The first-order valence-corrected chi connectivity index (χ1v) is 5.99. The maximum Gasteiger partial charge on any atom is 0.105 e. The van der Waals surface area contributed by atoms with Crippen LogP contribution in [0.5, 0.6) is 0 Å². The summed E-state index contributed by atoms with van der Waals surface area (Å²) >= 11 is 0. The summed E-state index contributed by atoms with van der Waals surface area (Å²) in [6.45, 7) is 13.3. The van der Waals surface area contributed by atoms with Gasteiger partial charge in [-0.1, -0.05) is 12.5 Å². The van der Waals surface area contributed by atoms with Gasteiger partial charge in [0.15, 0.2) is 0 Å². The largest absolute Gasteiger partial charge is 0.466 e. The van der Waals surface area contributed by atoms with Crippen LogP contribution in [-0.4, -0.2) is 6.54 Å². The molecular formula is C14H23NO. The first kappa shape index (κ1) is 13.0.